The summed E-state index contributed by atoms with van der Waals surface area (Å²) in [4.78, 5) is 17.5. The van der Waals surface area contributed by atoms with E-state index in [9.17, 15) is 4.79 Å². The van der Waals surface area contributed by atoms with Crippen molar-refractivity contribution >= 4 is 28.8 Å². The fourth-order valence-electron chi connectivity index (χ4n) is 3.68. The molecule has 0 fully saturated rings. The van der Waals surface area contributed by atoms with Crippen LogP contribution in [0.4, 0.5) is 5.69 Å². The maximum atomic E-state index is 12.8. The van der Waals surface area contributed by atoms with E-state index < -0.39 is 0 Å². The molecule has 1 N–H and O–H groups in total. The van der Waals surface area contributed by atoms with Gasteiger partial charge in [-0.1, -0.05) is 23.7 Å². The molecule has 0 aliphatic heterocycles. The number of hydrogen-bond donors (Lipinski definition) is 1. The predicted molar refractivity (Wildman–Crippen MR) is 100 cm³/mol. The number of imidazole rings is 1. The van der Waals surface area contributed by atoms with Crippen LogP contribution in [0, 0.1) is 19.8 Å². The second-order valence-corrected chi connectivity index (χ2v) is 7.21. The first-order valence-electron chi connectivity index (χ1n) is 8.55. The van der Waals surface area contributed by atoms with Crippen molar-refractivity contribution in [2.75, 3.05) is 5.32 Å². The Bertz CT molecular complexity index is 953. The lowest BCUT2D eigenvalue weighted by atomic mass is 9.89. The van der Waals surface area contributed by atoms with Crippen LogP contribution >= 0.6 is 11.6 Å². The molecule has 0 saturated carbocycles. The molecule has 1 amide bonds. The highest BCUT2D eigenvalue weighted by molar-refractivity contribution is 6.34. The van der Waals surface area contributed by atoms with Crippen LogP contribution in [0.15, 0.2) is 36.5 Å². The average molecular weight is 354 g/mol. The van der Waals surface area contributed by atoms with Crippen LogP contribution in [0.2, 0.25) is 5.02 Å². The summed E-state index contributed by atoms with van der Waals surface area (Å²) in [6, 6.07) is 9.90. The van der Waals surface area contributed by atoms with Gasteiger partial charge in [0.2, 0.25) is 5.91 Å². The summed E-state index contributed by atoms with van der Waals surface area (Å²) in [5.41, 5.74) is 6.01. The third-order valence-corrected chi connectivity index (χ3v) is 5.23. The van der Waals surface area contributed by atoms with Gasteiger partial charge in [-0.2, -0.15) is 0 Å². The lowest BCUT2D eigenvalue weighted by Crippen LogP contribution is -2.29. The molecular weight excluding hydrogens is 334 g/mol. The van der Waals surface area contributed by atoms with E-state index in [4.69, 9.17) is 11.6 Å². The summed E-state index contributed by atoms with van der Waals surface area (Å²) in [6.07, 6.45) is 4.36. The van der Waals surface area contributed by atoms with Crippen molar-refractivity contribution in [3.63, 3.8) is 0 Å². The molecule has 3 aromatic rings. The third kappa shape index (κ3) is 2.91. The van der Waals surface area contributed by atoms with Crippen LogP contribution in [0.5, 0.6) is 0 Å². The first kappa shape index (κ1) is 16.2. The molecule has 1 aromatic carbocycles. The molecular formula is C20H20ClN3O. The van der Waals surface area contributed by atoms with Gasteiger partial charge >= 0.3 is 0 Å². The molecule has 0 radical (unpaired) electrons. The minimum absolute atomic E-state index is 0.0328. The largest absolute Gasteiger partial charge is 0.324 e. The molecule has 1 atom stereocenters. The first-order chi connectivity index (χ1) is 12.0. The number of anilines is 1. The highest BCUT2D eigenvalue weighted by Crippen LogP contribution is 2.31. The summed E-state index contributed by atoms with van der Waals surface area (Å²) >= 11 is 6.33. The number of amides is 1. The number of halogens is 1. The number of fused-ring (bicyclic) bond motifs is 3. The Balaban J connectivity index is 1.58. The average Bonchev–Trinajstić information content (AvgIpc) is 2.95. The van der Waals surface area contributed by atoms with E-state index in [1.165, 1.54) is 0 Å². The van der Waals surface area contributed by atoms with Gasteiger partial charge in [-0.25, -0.2) is 4.98 Å². The van der Waals surface area contributed by atoms with E-state index in [1.807, 2.05) is 50.4 Å². The van der Waals surface area contributed by atoms with E-state index >= 15 is 0 Å². The Labute approximate surface area is 151 Å². The van der Waals surface area contributed by atoms with Crippen LogP contribution in [-0.2, 0) is 17.6 Å². The minimum Gasteiger partial charge on any atom is -0.324 e. The molecule has 2 aromatic heterocycles. The van der Waals surface area contributed by atoms with E-state index in [1.54, 1.807) is 0 Å². The SMILES string of the molecule is Cc1cc(C)c(NC(=O)C2CCc3nc4ccccn4c3C2)c(Cl)c1. The number of hydrogen-bond acceptors (Lipinski definition) is 2. The molecule has 0 bridgehead atoms. The maximum Gasteiger partial charge on any atom is 0.227 e. The molecule has 5 heteroatoms. The predicted octanol–water partition coefficient (Wildman–Crippen LogP) is 4.35. The van der Waals surface area contributed by atoms with E-state index in [-0.39, 0.29) is 11.8 Å². The quantitative estimate of drug-likeness (QED) is 0.744. The molecule has 2 heterocycles. The number of benzene rings is 1. The van der Waals surface area contributed by atoms with E-state index in [0.717, 1.165) is 46.7 Å². The smallest absolute Gasteiger partial charge is 0.227 e. The van der Waals surface area contributed by atoms with Crippen molar-refractivity contribution in [3.8, 4) is 0 Å². The third-order valence-electron chi connectivity index (χ3n) is 4.93. The van der Waals surface area contributed by atoms with Gasteiger partial charge in [0.1, 0.15) is 5.65 Å². The van der Waals surface area contributed by atoms with Gasteiger partial charge in [-0.05, 0) is 56.0 Å². The van der Waals surface area contributed by atoms with Crippen molar-refractivity contribution in [2.24, 2.45) is 5.92 Å². The number of carbonyl (C=O) groups excluding carboxylic acids is 1. The summed E-state index contributed by atoms with van der Waals surface area (Å²) in [5.74, 6) is -0.0326. The normalized spacial score (nSPS) is 16.7. The highest BCUT2D eigenvalue weighted by Gasteiger charge is 2.28. The molecule has 1 aliphatic carbocycles. The summed E-state index contributed by atoms with van der Waals surface area (Å²) < 4.78 is 2.10. The number of rotatable bonds is 2. The van der Waals surface area contributed by atoms with Gasteiger partial charge in [-0.15, -0.1) is 0 Å². The Morgan fingerprint density at radius 3 is 2.96 bits per heavy atom. The molecule has 0 saturated heterocycles. The molecule has 0 spiro atoms. The number of aromatic nitrogens is 2. The van der Waals surface area contributed by atoms with Crippen LogP contribution in [0.3, 0.4) is 0 Å². The Morgan fingerprint density at radius 1 is 1.32 bits per heavy atom. The minimum atomic E-state index is -0.0654. The van der Waals surface area contributed by atoms with Crippen molar-refractivity contribution in [1.82, 2.24) is 9.38 Å². The van der Waals surface area contributed by atoms with Crippen molar-refractivity contribution in [3.05, 3.63) is 64.1 Å². The monoisotopic (exact) mass is 353 g/mol. The fourth-order valence-corrected chi connectivity index (χ4v) is 4.05. The fraction of sp³-hybridized carbons (Fsp3) is 0.300. The van der Waals surface area contributed by atoms with Gasteiger partial charge in [0.15, 0.2) is 0 Å². The zero-order valence-corrected chi connectivity index (χ0v) is 15.1. The molecule has 1 aliphatic rings. The van der Waals surface area contributed by atoms with Crippen molar-refractivity contribution in [2.45, 2.75) is 33.1 Å². The second-order valence-electron chi connectivity index (χ2n) is 6.80. The molecule has 1 unspecified atom stereocenters. The Hall–Kier alpha value is -2.33. The van der Waals surface area contributed by atoms with Crippen molar-refractivity contribution < 1.29 is 4.79 Å². The summed E-state index contributed by atoms with van der Waals surface area (Å²) in [5, 5.41) is 3.64. The Kier molecular flexibility index (Phi) is 4.00. The molecule has 4 rings (SSSR count). The molecule has 128 valence electrons. The summed E-state index contributed by atoms with van der Waals surface area (Å²) in [7, 11) is 0. The number of nitrogens with zero attached hydrogens (tertiary/aromatic N) is 2. The lowest BCUT2D eigenvalue weighted by molar-refractivity contribution is -0.120. The van der Waals surface area contributed by atoms with Gasteiger partial charge in [0, 0.05) is 24.2 Å². The van der Waals surface area contributed by atoms with Crippen LogP contribution in [0.25, 0.3) is 5.65 Å². The van der Waals surface area contributed by atoms with Crippen LogP contribution in [0.1, 0.15) is 28.9 Å². The van der Waals surface area contributed by atoms with Crippen LogP contribution < -0.4 is 5.32 Å². The molecule has 4 nitrogen and oxygen atoms in total. The Morgan fingerprint density at radius 2 is 2.16 bits per heavy atom. The lowest BCUT2D eigenvalue weighted by Gasteiger charge is -2.22. The number of pyridine rings is 1. The van der Waals surface area contributed by atoms with E-state index in [2.05, 4.69) is 14.7 Å². The zero-order valence-electron chi connectivity index (χ0n) is 14.3. The second kappa shape index (κ2) is 6.19. The standard InChI is InChI=1S/C20H20ClN3O/c1-12-9-13(2)19(15(21)10-12)23-20(25)14-6-7-16-17(11-14)24-8-4-3-5-18(24)22-16/h3-5,8-10,14H,6-7,11H2,1-2H3,(H,23,25). The maximum absolute atomic E-state index is 12.8. The van der Waals surface area contributed by atoms with Crippen LogP contribution in [-0.4, -0.2) is 15.3 Å². The van der Waals surface area contributed by atoms with Gasteiger partial charge in [0.25, 0.3) is 0 Å². The molecule has 25 heavy (non-hydrogen) atoms. The van der Waals surface area contributed by atoms with Gasteiger partial charge < -0.3 is 9.72 Å². The number of aryl methyl sites for hydroxylation is 3. The topological polar surface area (TPSA) is 46.4 Å². The van der Waals surface area contributed by atoms with Gasteiger partial charge in [-0.3, -0.25) is 4.79 Å². The summed E-state index contributed by atoms with van der Waals surface area (Å²) in [6.45, 7) is 3.97. The number of carbonyl (C=O) groups is 1. The zero-order chi connectivity index (χ0) is 17.6. The van der Waals surface area contributed by atoms with Crippen molar-refractivity contribution in [1.29, 1.82) is 0 Å². The highest BCUT2D eigenvalue weighted by atomic mass is 35.5. The van der Waals surface area contributed by atoms with Gasteiger partial charge in [0.05, 0.1) is 16.4 Å². The first-order valence-corrected chi connectivity index (χ1v) is 8.93. The van der Waals surface area contributed by atoms with E-state index in [0.29, 0.717) is 11.4 Å². The number of nitrogens with one attached hydrogen (secondary N) is 1.